The second-order valence-electron chi connectivity index (χ2n) is 8.90. The molecule has 0 aliphatic heterocycles. The first-order valence-electron chi connectivity index (χ1n) is 12.9. The van der Waals surface area contributed by atoms with Gasteiger partial charge < -0.3 is 14.2 Å². The molecule has 0 spiro atoms. The number of sulfonamides is 1. The summed E-state index contributed by atoms with van der Waals surface area (Å²) in [6.45, 7) is 3.97. The van der Waals surface area contributed by atoms with Crippen LogP contribution in [0.15, 0.2) is 120 Å². The highest BCUT2D eigenvalue weighted by Crippen LogP contribution is 2.30. The van der Waals surface area contributed by atoms with Crippen LogP contribution in [0.4, 0.5) is 5.69 Å². The number of nitrogens with zero attached hydrogens (tertiary/aromatic N) is 2. The Kier molecular flexibility index (Phi) is 9.96. The maximum atomic E-state index is 14.0. The van der Waals surface area contributed by atoms with E-state index in [-0.39, 0.29) is 22.7 Å². The Morgan fingerprint density at radius 3 is 2.31 bits per heavy atom. The molecule has 216 valence electrons. The minimum Gasteiger partial charge on any atom is -0.497 e. The normalized spacial score (nSPS) is 11.1. The Hall–Kier alpha value is -5.09. The summed E-state index contributed by atoms with van der Waals surface area (Å²) in [4.78, 5) is 13.4. The molecule has 0 saturated carbocycles. The zero-order valence-electron chi connectivity index (χ0n) is 23.3. The molecule has 9 nitrogen and oxygen atoms in total. The fourth-order valence-corrected chi connectivity index (χ4v) is 5.54. The topological polar surface area (TPSA) is 107 Å². The van der Waals surface area contributed by atoms with E-state index in [4.69, 9.17) is 14.2 Å². The van der Waals surface area contributed by atoms with E-state index in [1.165, 1.54) is 36.9 Å². The summed E-state index contributed by atoms with van der Waals surface area (Å²) in [5, 5.41) is 4.09. The lowest BCUT2D eigenvalue weighted by Gasteiger charge is -2.26. The SMILES string of the molecule is C=CCOc1ccc(/C=N\NC(=O)c2ccccc2N(Cc2ccccc2)S(=O)(=O)c2ccc(OC)cc2)cc1OC. The maximum Gasteiger partial charge on any atom is 0.273 e. The van der Waals surface area contributed by atoms with Crippen molar-refractivity contribution < 1.29 is 27.4 Å². The number of nitrogens with one attached hydrogen (secondary N) is 1. The van der Waals surface area contributed by atoms with E-state index in [1.54, 1.807) is 60.7 Å². The standard InChI is InChI=1S/C32H31N3O6S/c1-4-20-41-30-19-14-25(21-31(30)40-3)22-33-34-32(36)28-12-8-9-13-29(28)35(23-24-10-6-5-7-11-24)42(37,38)27-17-15-26(39-2)16-18-27/h4-19,21-22H,1,20,23H2,2-3H3,(H,34,36)/b33-22-. The minimum absolute atomic E-state index is 0.00281. The number of hydrogen-bond donors (Lipinski definition) is 1. The monoisotopic (exact) mass is 585 g/mol. The molecule has 10 heteroatoms. The molecular weight excluding hydrogens is 554 g/mol. The molecule has 1 amide bonds. The third-order valence-corrected chi connectivity index (χ3v) is 7.93. The van der Waals surface area contributed by atoms with Crippen molar-refractivity contribution in [2.75, 3.05) is 25.1 Å². The lowest BCUT2D eigenvalue weighted by Crippen LogP contribution is -2.33. The van der Waals surface area contributed by atoms with E-state index in [0.29, 0.717) is 29.4 Å². The van der Waals surface area contributed by atoms with Gasteiger partial charge in [0.25, 0.3) is 15.9 Å². The third-order valence-electron chi connectivity index (χ3n) is 6.16. The number of rotatable bonds is 13. The van der Waals surface area contributed by atoms with Crippen LogP contribution in [0.25, 0.3) is 0 Å². The van der Waals surface area contributed by atoms with Gasteiger partial charge >= 0.3 is 0 Å². The number of carbonyl (C=O) groups is 1. The van der Waals surface area contributed by atoms with Gasteiger partial charge in [0, 0.05) is 0 Å². The average molecular weight is 586 g/mol. The molecule has 0 aliphatic rings. The van der Waals surface area contributed by atoms with E-state index in [2.05, 4.69) is 17.1 Å². The molecule has 0 bridgehead atoms. The molecule has 4 aromatic rings. The van der Waals surface area contributed by atoms with Gasteiger partial charge in [-0.1, -0.05) is 55.1 Å². The quantitative estimate of drug-likeness (QED) is 0.127. The predicted octanol–water partition coefficient (Wildman–Crippen LogP) is 5.43. The van der Waals surface area contributed by atoms with Gasteiger partial charge in [-0.15, -0.1) is 0 Å². The number of methoxy groups -OCH3 is 2. The predicted molar refractivity (Wildman–Crippen MR) is 163 cm³/mol. The lowest BCUT2D eigenvalue weighted by molar-refractivity contribution is 0.0955. The largest absolute Gasteiger partial charge is 0.497 e. The van der Waals surface area contributed by atoms with Gasteiger partial charge in [0.2, 0.25) is 0 Å². The molecule has 0 radical (unpaired) electrons. The first-order chi connectivity index (χ1) is 20.4. The molecule has 0 atom stereocenters. The van der Waals surface area contributed by atoms with Gasteiger partial charge in [0.15, 0.2) is 11.5 Å². The van der Waals surface area contributed by atoms with Gasteiger partial charge in [-0.25, -0.2) is 13.8 Å². The Labute approximate surface area is 245 Å². The molecule has 4 rings (SSSR count). The van der Waals surface area contributed by atoms with Crippen molar-refractivity contribution in [2.24, 2.45) is 5.10 Å². The summed E-state index contributed by atoms with van der Waals surface area (Å²) < 4.78 is 45.3. The molecule has 0 fully saturated rings. The molecule has 0 saturated heterocycles. The molecule has 4 aromatic carbocycles. The van der Waals surface area contributed by atoms with Crippen molar-refractivity contribution in [1.82, 2.24) is 5.43 Å². The summed E-state index contributed by atoms with van der Waals surface area (Å²) >= 11 is 0. The molecule has 0 aromatic heterocycles. The highest BCUT2D eigenvalue weighted by Gasteiger charge is 2.28. The molecular formula is C32H31N3O6S. The Morgan fingerprint density at radius 2 is 1.62 bits per heavy atom. The van der Waals surface area contributed by atoms with Gasteiger partial charge in [0.1, 0.15) is 12.4 Å². The van der Waals surface area contributed by atoms with Crippen LogP contribution in [0.1, 0.15) is 21.5 Å². The Bertz CT molecular complexity index is 1660. The molecule has 0 aliphatic carbocycles. The van der Waals surface area contributed by atoms with Gasteiger partial charge in [-0.05, 0) is 65.7 Å². The number of ether oxygens (including phenoxy) is 3. The van der Waals surface area contributed by atoms with Crippen LogP contribution < -0.4 is 23.9 Å². The number of hydrazone groups is 1. The summed E-state index contributed by atoms with van der Waals surface area (Å²) in [5.41, 5.74) is 4.24. The van der Waals surface area contributed by atoms with Crippen molar-refractivity contribution in [3.05, 3.63) is 126 Å². The van der Waals surface area contributed by atoms with Crippen LogP contribution in [-0.4, -0.2) is 41.4 Å². The van der Waals surface area contributed by atoms with Crippen LogP contribution in [0.2, 0.25) is 0 Å². The third kappa shape index (κ3) is 7.15. The van der Waals surface area contributed by atoms with Crippen molar-refractivity contribution >= 4 is 27.8 Å². The van der Waals surface area contributed by atoms with Crippen LogP contribution in [0.5, 0.6) is 17.2 Å². The number of para-hydroxylation sites is 1. The van der Waals surface area contributed by atoms with Crippen LogP contribution in [0, 0.1) is 0 Å². The molecule has 0 unspecified atom stereocenters. The van der Waals surface area contributed by atoms with Crippen LogP contribution >= 0.6 is 0 Å². The first-order valence-corrected chi connectivity index (χ1v) is 14.4. The summed E-state index contributed by atoms with van der Waals surface area (Å²) in [5.74, 6) is 0.988. The van der Waals surface area contributed by atoms with Crippen molar-refractivity contribution in [3.8, 4) is 17.2 Å². The number of benzene rings is 4. The number of amides is 1. The van der Waals surface area contributed by atoms with E-state index >= 15 is 0 Å². The average Bonchev–Trinajstić information content (AvgIpc) is 3.03. The molecule has 42 heavy (non-hydrogen) atoms. The smallest absolute Gasteiger partial charge is 0.273 e. The first kappa shape index (κ1) is 29.9. The Balaban J connectivity index is 1.64. The summed E-state index contributed by atoms with van der Waals surface area (Å²) in [6, 6.07) is 26.9. The second-order valence-corrected chi connectivity index (χ2v) is 10.8. The van der Waals surface area contributed by atoms with Crippen LogP contribution in [-0.2, 0) is 16.6 Å². The van der Waals surface area contributed by atoms with E-state index in [9.17, 15) is 13.2 Å². The van der Waals surface area contributed by atoms with Gasteiger partial charge in [-0.2, -0.15) is 5.10 Å². The van der Waals surface area contributed by atoms with E-state index in [1.807, 2.05) is 30.3 Å². The highest BCUT2D eigenvalue weighted by atomic mass is 32.2. The fraction of sp³-hybridized carbons (Fsp3) is 0.125. The van der Waals surface area contributed by atoms with E-state index in [0.717, 1.165) is 5.56 Å². The van der Waals surface area contributed by atoms with Crippen molar-refractivity contribution in [3.63, 3.8) is 0 Å². The van der Waals surface area contributed by atoms with Gasteiger partial charge in [0.05, 0.1) is 43.1 Å². The summed E-state index contributed by atoms with van der Waals surface area (Å²) in [6.07, 6.45) is 3.08. The fourth-order valence-electron chi connectivity index (χ4n) is 4.07. The maximum absolute atomic E-state index is 14.0. The zero-order valence-corrected chi connectivity index (χ0v) is 24.1. The lowest BCUT2D eigenvalue weighted by atomic mass is 10.1. The van der Waals surface area contributed by atoms with Crippen molar-refractivity contribution in [1.29, 1.82) is 0 Å². The van der Waals surface area contributed by atoms with E-state index < -0.39 is 15.9 Å². The number of anilines is 1. The van der Waals surface area contributed by atoms with Gasteiger partial charge in [-0.3, -0.25) is 9.10 Å². The highest BCUT2D eigenvalue weighted by molar-refractivity contribution is 7.92. The van der Waals surface area contributed by atoms with Crippen molar-refractivity contribution in [2.45, 2.75) is 11.4 Å². The second kappa shape index (κ2) is 14.0. The Morgan fingerprint density at radius 1 is 0.905 bits per heavy atom. The molecule has 1 N–H and O–H groups in total. The zero-order chi connectivity index (χ0) is 30.0. The number of hydrogen-bond acceptors (Lipinski definition) is 7. The van der Waals surface area contributed by atoms with Crippen LogP contribution in [0.3, 0.4) is 0 Å². The minimum atomic E-state index is -4.09. The number of carbonyl (C=O) groups excluding carboxylic acids is 1. The summed E-state index contributed by atoms with van der Waals surface area (Å²) in [7, 11) is -1.06. The molecule has 0 heterocycles.